The molecule has 0 aliphatic carbocycles. The highest BCUT2D eigenvalue weighted by atomic mass is 35.5. The first-order valence-corrected chi connectivity index (χ1v) is 9.67. The van der Waals surface area contributed by atoms with Crippen LogP contribution in [0.15, 0.2) is 24.3 Å². The molecule has 0 spiro atoms. The van der Waals surface area contributed by atoms with Gasteiger partial charge in [-0.2, -0.15) is 0 Å². The monoisotopic (exact) mass is 394 g/mol. The van der Waals surface area contributed by atoms with Gasteiger partial charge in [0, 0.05) is 36.8 Å². The van der Waals surface area contributed by atoms with Crippen molar-refractivity contribution >= 4 is 30.0 Å². The van der Waals surface area contributed by atoms with Gasteiger partial charge in [-0.15, -0.1) is 12.4 Å². The highest BCUT2D eigenvalue weighted by Gasteiger charge is 2.34. The molecule has 2 fully saturated rings. The molecule has 2 aliphatic heterocycles. The molecule has 0 saturated carbocycles. The van der Waals surface area contributed by atoms with Crippen molar-refractivity contribution < 1.29 is 9.59 Å². The zero-order valence-corrected chi connectivity index (χ0v) is 16.9. The van der Waals surface area contributed by atoms with E-state index in [-0.39, 0.29) is 30.4 Å². The minimum absolute atomic E-state index is 0. The van der Waals surface area contributed by atoms with E-state index in [1.807, 2.05) is 38.1 Å². The van der Waals surface area contributed by atoms with Crippen molar-refractivity contribution in [2.75, 3.05) is 5.32 Å². The van der Waals surface area contributed by atoms with E-state index >= 15 is 0 Å². The number of piperidine rings is 1. The van der Waals surface area contributed by atoms with Crippen LogP contribution in [0.25, 0.3) is 0 Å². The fourth-order valence-corrected chi connectivity index (χ4v) is 4.01. The first-order valence-electron chi connectivity index (χ1n) is 9.67. The first-order chi connectivity index (χ1) is 12.5. The highest BCUT2D eigenvalue weighted by Crippen LogP contribution is 2.32. The molecule has 3 amide bonds. The summed E-state index contributed by atoms with van der Waals surface area (Å²) in [6.45, 7) is 4.36. The molecule has 6 nitrogen and oxygen atoms in total. The Bertz CT molecular complexity index is 623. The quantitative estimate of drug-likeness (QED) is 0.598. The van der Waals surface area contributed by atoms with Crippen LogP contribution in [0.2, 0.25) is 0 Å². The lowest BCUT2D eigenvalue weighted by Crippen LogP contribution is -2.39. The predicted octanol–water partition coefficient (Wildman–Crippen LogP) is 3.18. The molecule has 2 aliphatic rings. The maximum Gasteiger partial charge on any atom is 0.319 e. The van der Waals surface area contributed by atoms with E-state index in [0.29, 0.717) is 31.0 Å². The lowest BCUT2D eigenvalue weighted by molar-refractivity contribution is -0.122. The molecule has 150 valence electrons. The number of anilines is 1. The molecule has 2 bridgehead atoms. The van der Waals surface area contributed by atoms with Gasteiger partial charge in [0.1, 0.15) is 0 Å². The van der Waals surface area contributed by atoms with Crippen LogP contribution in [0.3, 0.4) is 0 Å². The van der Waals surface area contributed by atoms with Gasteiger partial charge < -0.3 is 21.3 Å². The minimum atomic E-state index is -0.211. The normalized spacial score (nSPS) is 23.4. The number of fused-ring (bicyclic) bond motifs is 2. The number of nitrogens with one attached hydrogen (secondary N) is 4. The van der Waals surface area contributed by atoms with Gasteiger partial charge >= 0.3 is 6.03 Å². The van der Waals surface area contributed by atoms with Crippen molar-refractivity contribution in [1.29, 1.82) is 0 Å². The van der Waals surface area contributed by atoms with Crippen LogP contribution in [0.5, 0.6) is 0 Å². The number of benzene rings is 1. The van der Waals surface area contributed by atoms with Crippen LogP contribution in [0.1, 0.15) is 51.5 Å². The molecule has 27 heavy (non-hydrogen) atoms. The summed E-state index contributed by atoms with van der Waals surface area (Å²) in [5, 5.41) is 12.2. The van der Waals surface area contributed by atoms with E-state index in [0.717, 1.165) is 24.1 Å². The minimum Gasteiger partial charge on any atom is -0.352 e. The number of rotatable bonds is 6. The Morgan fingerprint density at radius 3 is 2.33 bits per heavy atom. The van der Waals surface area contributed by atoms with Gasteiger partial charge in [0.25, 0.3) is 0 Å². The lowest BCUT2D eigenvalue weighted by Gasteiger charge is -2.28. The SMILES string of the molecule is CC(C)NC(=O)Nc1ccc(CNC(=O)CC2CC3CCC(C2)N3)cc1.Cl. The van der Waals surface area contributed by atoms with Crippen LogP contribution in [-0.4, -0.2) is 30.1 Å². The van der Waals surface area contributed by atoms with Crippen LogP contribution in [0, 0.1) is 5.92 Å². The van der Waals surface area contributed by atoms with Crippen molar-refractivity contribution in [3.05, 3.63) is 29.8 Å². The standard InChI is InChI=1S/C20H30N4O2.ClH/c1-13(2)22-20(26)24-16-5-3-14(4-6-16)12-21-19(25)11-15-9-17-7-8-18(10-15)23-17;/h3-6,13,15,17-18,23H,7-12H2,1-2H3,(H,21,25)(H2,22,24,26);1H. The third-order valence-corrected chi connectivity index (χ3v) is 5.17. The second-order valence-electron chi connectivity index (χ2n) is 7.91. The van der Waals surface area contributed by atoms with Crippen molar-refractivity contribution in [2.24, 2.45) is 5.92 Å². The summed E-state index contributed by atoms with van der Waals surface area (Å²) in [4.78, 5) is 23.9. The Kier molecular flexibility index (Phi) is 7.92. The van der Waals surface area contributed by atoms with Gasteiger partial charge in [0.05, 0.1) is 0 Å². The summed E-state index contributed by atoms with van der Waals surface area (Å²) in [5.41, 5.74) is 1.77. The van der Waals surface area contributed by atoms with Crippen molar-refractivity contribution in [2.45, 2.75) is 70.6 Å². The molecule has 2 atom stereocenters. The maximum absolute atomic E-state index is 12.2. The number of carbonyl (C=O) groups excluding carboxylic acids is 2. The Labute approximate surface area is 167 Å². The number of hydrogen-bond donors (Lipinski definition) is 4. The van der Waals surface area contributed by atoms with Crippen LogP contribution >= 0.6 is 12.4 Å². The third kappa shape index (κ3) is 6.70. The number of carbonyl (C=O) groups is 2. The van der Waals surface area contributed by atoms with Gasteiger partial charge in [-0.3, -0.25) is 4.79 Å². The van der Waals surface area contributed by atoms with Crippen molar-refractivity contribution in [1.82, 2.24) is 16.0 Å². The average molecular weight is 395 g/mol. The highest BCUT2D eigenvalue weighted by molar-refractivity contribution is 5.89. The number of halogens is 1. The largest absolute Gasteiger partial charge is 0.352 e. The topological polar surface area (TPSA) is 82.3 Å². The summed E-state index contributed by atoms with van der Waals surface area (Å²) in [6, 6.07) is 8.69. The molecule has 0 aromatic heterocycles. The smallest absolute Gasteiger partial charge is 0.319 e. The fourth-order valence-electron chi connectivity index (χ4n) is 4.01. The molecule has 2 unspecified atom stereocenters. The van der Waals surface area contributed by atoms with Gasteiger partial charge in [0.15, 0.2) is 0 Å². The summed E-state index contributed by atoms with van der Waals surface area (Å²) < 4.78 is 0. The van der Waals surface area contributed by atoms with Crippen LogP contribution < -0.4 is 21.3 Å². The van der Waals surface area contributed by atoms with E-state index in [2.05, 4.69) is 21.3 Å². The Hall–Kier alpha value is -1.79. The van der Waals surface area contributed by atoms with Gasteiger partial charge in [-0.25, -0.2) is 4.79 Å². The molecule has 7 heteroatoms. The Morgan fingerprint density at radius 2 is 1.74 bits per heavy atom. The molecular weight excluding hydrogens is 364 g/mol. The second kappa shape index (κ2) is 9.95. The van der Waals surface area contributed by atoms with Crippen molar-refractivity contribution in [3.63, 3.8) is 0 Å². The molecule has 0 radical (unpaired) electrons. The lowest BCUT2D eigenvalue weighted by atomic mass is 9.89. The maximum atomic E-state index is 12.2. The zero-order valence-electron chi connectivity index (χ0n) is 16.1. The van der Waals surface area contributed by atoms with E-state index < -0.39 is 0 Å². The summed E-state index contributed by atoms with van der Waals surface area (Å²) >= 11 is 0. The Balaban J connectivity index is 0.00000261. The van der Waals surface area contributed by atoms with E-state index in [1.165, 1.54) is 12.8 Å². The predicted molar refractivity (Wildman–Crippen MR) is 110 cm³/mol. The average Bonchev–Trinajstić information content (AvgIpc) is 2.92. The molecule has 1 aromatic rings. The molecule has 2 saturated heterocycles. The van der Waals surface area contributed by atoms with Gasteiger partial charge in [-0.05, 0) is 63.1 Å². The molecule has 2 heterocycles. The zero-order chi connectivity index (χ0) is 18.5. The van der Waals surface area contributed by atoms with Crippen molar-refractivity contribution in [3.8, 4) is 0 Å². The molecule has 4 N–H and O–H groups in total. The molecule has 1 aromatic carbocycles. The second-order valence-corrected chi connectivity index (χ2v) is 7.91. The Morgan fingerprint density at radius 1 is 1.11 bits per heavy atom. The fraction of sp³-hybridized carbons (Fsp3) is 0.600. The van der Waals surface area contributed by atoms with Gasteiger partial charge in [-0.1, -0.05) is 12.1 Å². The van der Waals surface area contributed by atoms with Crippen LogP contribution in [0.4, 0.5) is 10.5 Å². The van der Waals surface area contributed by atoms with Crippen LogP contribution in [-0.2, 0) is 11.3 Å². The van der Waals surface area contributed by atoms with Gasteiger partial charge in [0.2, 0.25) is 5.91 Å². The number of amides is 3. The summed E-state index contributed by atoms with van der Waals surface area (Å²) in [7, 11) is 0. The third-order valence-electron chi connectivity index (χ3n) is 5.17. The number of urea groups is 1. The van der Waals surface area contributed by atoms with E-state index in [1.54, 1.807) is 0 Å². The van der Waals surface area contributed by atoms with E-state index in [4.69, 9.17) is 0 Å². The summed E-state index contributed by atoms with van der Waals surface area (Å²) in [5.74, 6) is 0.648. The van der Waals surface area contributed by atoms with E-state index in [9.17, 15) is 9.59 Å². The summed E-state index contributed by atoms with van der Waals surface area (Å²) in [6.07, 6.45) is 5.41. The molecule has 3 rings (SSSR count). The first kappa shape index (κ1) is 21.5. The number of hydrogen-bond acceptors (Lipinski definition) is 3. The molecular formula is C20H31ClN4O2.